The molecule has 0 saturated carbocycles. The summed E-state index contributed by atoms with van der Waals surface area (Å²) in [5.74, 6) is -0.0124. The summed E-state index contributed by atoms with van der Waals surface area (Å²) in [6, 6.07) is 5.99. The van der Waals surface area contributed by atoms with Crippen molar-refractivity contribution < 1.29 is 21.6 Å². The first-order chi connectivity index (χ1) is 11.6. The minimum absolute atomic E-state index is 0.0124. The van der Waals surface area contributed by atoms with Gasteiger partial charge in [-0.1, -0.05) is 12.1 Å². The number of benzene rings is 1. The van der Waals surface area contributed by atoms with Crippen LogP contribution in [-0.2, 0) is 31.2 Å². The summed E-state index contributed by atoms with van der Waals surface area (Å²) in [6.45, 7) is 4.49. The van der Waals surface area contributed by atoms with Crippen molar-refractivity contribution in [1.29, 1.82) is 0 Å². The molecule has 0 aromatic heterocycles. The van der Waals surface area contributed by atoms with Crippen LogP contribution in [0.5, 0.6) is 0 Å². The van der Waals surface area contributed by atoms with Crippen molar-refractivity contribution >= 4 is 20.0 Å². The van der Waals surface area contributed by atoms with E-state index in [0.717, 1.165) is 9.87 Å². The zero-order valence-electron chi connectivity index (χ0n) is 15.0. The summed E-state index contributed by atoms with van der Waals surface area (Å²) in [6.07, 6.45) is 0.335. The molecule has 1 heterocycles. The Balaban J connectivity index is 2.08. The highest BCUT2D eigenvalue weighted by Gasteiger charge is 2.34. The molecule has 0 radical (unpaired) electrons. The Labute approximate surface area is 150 Å². The molecule has 2 unspecified atom stereocenters. The Kier molecular flexibility index (Phi) is 6.26. The summed E-state index contributed by atoms with van der Waals surface area (Å²) < 4.78 is 57.5. The van der Waals surface area contributed by atoms with E-state index >= 15 is 0 Å². The molecule has 7 nitrogen and oxygen atoms in total. The Morgan fingerprint density at radius 2 is 1.56 bits per heavy atom. The Morgan fingerprint density at radius 1 is 1.04 bits per heavy atom. The van der Waals surface area contributed by atoms with Crippen molar-refractivity contribution in [1.82, 2.24) is 8.61 Å². The summed E-state index contributed by atoms with van der Waals surface area (Å²) in [7, 11) is -3.94. The van der Waals surface area contributed by atoms with Gasteiger partial charge in [-0.25, -0.2) is 21.1 Å². The van der Waals surface area contributed by atoms with Crippen LogP contribution in [-0.4, -0.2) is 70.6 Å². The first-order valence-corrected chi connectivity index (χ1v) is 11.2. The average molecular weight is 391 g/mol. The normalized spacial score (nSPS) is 23.1. The molecule has 0 spiro atoms. The highest BCUT2D eigenvalue weighted by atomic mass is 32.2. The minimum Gasteiger partial charge on any atom is -0.378 e. The van der Waals surface area contributed by atoms with E-state index < -0.39 is 20.0 Å². The van der Waals surface area contributed by atoms with Gasteiger partial charge in [-0.05, 0) is 38.0 Å². The molecule has 1 aromatic carbocycles. The van der Waals surface area contributed by atoms with Crippen molar-refractivity contribution in [3.63, 3.8) is 0 Å². The highest BCUT2D eigenvalue weighted by molar-refractivity contribution is 7.89. The molecule has 1 saturated heterocycles. The fourth-order valence-electron chi connectivity index (χ4n) is 2.93. The van der Waals surface area contributed by atoms with Gasteiger partial charge in [0.25, 0.3) is 0 Å². The topological polar surface area (TPSA) is 84.0 Å². The third-order valence-electron chi connectivity index (χ3n) is 4.26. The molecule has 0 bridgehead atoms. The summed E-state index contributed by atoms with van der Waals surface area (Å²) in [4.78, 5) is 0.194. The van der Waals surface area contributed by atoms with E-state index in [0.29, 0.717) is 19.6 Å². The molecule has 0 amide bonds. The maximum atomic E-state index is 12.7. The van der Waals surface area contributed by atoms with Crippen LogP contribution in [0.4, 0.5) is 0 Å². The van der Waals surface area contributed by atoms with Gasteiger partial charge in [0.1, 0.15) is 0 Å². The maximum Gasteiger partial charge on any atom is 0.242 e. The van der Waals surface area contributed by atoms with Crippen LogP contribution in [0.25, 0.3) is 0 Å². The van der Waals surface area contributed by atoms with Gasteiger partial charge in [0.05, 0.1) is 23.9 Å². The molecule has 1 aliphatic heterocycles. The zero-order chi connectivity index (χ0) is 18.8. The lowest BCUT2D eigenvalue weighted by Gasteiger charge is -2.37. The van der Waals surface area contributed by atoms with Crippen LogP contribution in [0.15, 0.2) is 29.2 Å². The number of rotatable bonds is 6. The monoisotopic (exact) mass is 390 g/mol. The van der Waals surface area contributed by atoms with Crippen molar-refractivity contribution in [3.8, 4) is 0 Å². The van der Waals surface area contributed by atoms with E-state index in [9.17, 15) is 16.8 Å². The molecule has 1 aliphatic rings. The Morgan fingerprint density at radius 3 is 2.04 bits per heavy atom. The lowest BCUT2D eigenvalue weighted by atomic mass is 10.2. The van der Waals surface area contributed by atoms with Gasteiger partial charge in [0.15, 0.2) is 0 Å². The molecule has 25 heavy (non-hydrogen) atoms. The third-order valence-corrected chi connectivity index (χ3v) is 8.17. The number of hydrogen-bond acceptors (Lipinski definition) is 5. The highest BCUT2D eigenvalue weighted by Crippen LogP contribution is 2.20. The SMILES string of the molecule is CC1COCC(C)N1S(=O)(=O)CCc1ccc(S(=O)(=O)N(C)C)cc1. The van der Waals surface area contributed by atoms with Crippen molar-refractivity contribution in [2.24, 2.45) is 0 Å². The van der Waals surface area contributed by atoms with Crippen LogP contribution in [0.3, 0.4) is 0 Å². The van der Waals surface area contributed by atoms with E-state index in [1.807, 2.05) is 13.8 Å². The largest absolute Gasteiger partial charge is 0.378 e. The molecular weight excluding hydrogens is 364 g/mol. The van der Waals surface area contributed by atoms with Gasteiger partial charge in [-0.15, -0.1) is 0 Å². The van der Waals surface area contributed by atoms with Gasteiger partial charge in [-0.2, -0.15) is 4.31 Å². The summed E-state index contributed by atoms with van der Waals surface area (Å²) in [5.41, 5.74) is 0.787. The lowest BCUT2D eigenvalue weighted by Crippen LogP contribution is -2.53. The first-order valence-electron chi connectivity index (χ1n) is 8.16. The van der Waals surface area contributed by atoms with E-state index in [1.165, 1.54) is 30.5 Å². The minimum atomic E-state index is -3.48. The quantitative estimate of drug-likeness (QED) is 0.721. The van der Waals surface area contributed by atoms with Crippen LogP contribution in [0, 0.1) is 0 Å². The second-order valence-corrected chi connectivity index (χ2v) is 10.7. The molecule has 2 rings (SSSR count). The lowest BCUT2D eigenvalue weighted by molar-refractivity contribution is 0.00640. The number of nitrogens with zero attached hydrogens (tertiary/aromatic N) is 2. The molecule has 0 aliphatic carbocycles. The van der Waals surface area contributed by atoms with Crippen LogP contribution < -0.4 is 0 Å². The summed E-state index contributed by atoms with van der Waals surface area (Å²) >= 11 is 0. The molecular formula is C16H26N2O5S2. The molecule has 142 valence electrons. The second kappa shape index (κ2) is 7.71. The van der Waals surface area contributed by atoms with Gasteiger partial charge >= 0.3 is 0 Å². The fraction of sp³-hybridized carbons (Fsp3) is 0.625. The third kappa shape index (κ3) is 4.59. The smallest absolute Gasteiger partial charge is 0.242 e. The standard InChI is InChI=1S/C16H26N2O5S2/c1-13-11-23-12-14(2)18(13)24(19,20)10-9-15-5-7-16(8-6-15)25(21,22)17(3)4/h5-8,13-14H,9-12H2,1-4H3. The second-order valence-electron chi connectivity index (χ2n) is 6.56. The number of morpholine rings is 1. The van der Waals surface area contributed by atoms with Crippen molar-refractivity contribution in [2.45, 2.75) is 37.2 Å². The van der Waals surface area contributed by atoms with E-state index in [-0.39, 0.29) is 22.7 Å². The Bertz CT molecular complexity index is 778. The van der Waals surface area contributed by atoms with Crippen LogP contribution >= 0.6 is 0 Å². The number of aryl methyl sites for hydroxylation is 1. The van der Waals surface area contributed by atoms with Crippen LogP contribution in [0.2, 0.25) is 0 Å². The maximum absolute atomic E-state index is 12.7. The molecule has 0 N–H and O–H groups in total. The predicted octanol–water partition coefficient (Wildman–Crippen LogP) is 0.918. The molecule has 1 fully saturated rings. The first kappa shape index (κ1) is 20.3. The number of sulfonamides is 2. The van der Waals surface area contributed by atoms with E-state index in [1.54, 1.807) is 12.1 Å². The molecule has 1 aromatic rings. The molecule has 9 heteroatoms. The van der Waals surface area contributed by atoms with Gasteiger partial charge < -0.3 is 4.74 Å². The van der Waals surface area contributed by atoms with Gasteiger partial charge in [0, 0.05) is 26.2 Å². The van der Waals surface area contributed by atoms with E-state index in [2.05, 4.69) is 0 Å². The van der Waals surface area contributed by atoms with Gasteiger partial charge in [-0.3, -0.25) is 0 Å². The fourth-order valence-corrected chi connectivity index (χ4v) is 5.75. The number of ether oxygens (including phenoxy) is 1. The van der Waals surface area contributed by atoms with Crippen molar-refractivity contribution in [3.05, 3.63) is 29.8 Å². The van der Waals surface area contributed by atoms with Gasteiger partial charge in [0.2, 0.25) is 20.0 Å². The number of hydrogen-bond donors (Lipinski definition) is 0. The van der Waals surface area contributed by atoms with Crippen molar-refractivity contribution in [2.75, 3.05) is 33.1 Å². The predicted molar refractivity (Wildman–Crippen MR) is 96.4 cm³/mol. The Hall–Kier alpha value is -1.00. The summed E-state index contributed by atoms with van der Waals surface area (Å²) in [5, 5.41) is 0. The average Bonchev–Trinajstić information content (AvgIpc) is 2.53. The zero-order valence-corrected chi connectivity index (χ0v) is 16.7. The molecule has 2 atom stereocenters. The van der Waals surface area contributed by atoms with Crippen LogP contribution in [0.1, 0.15) is 19.4 Å². The van der Waals surface area contributed by atoms with E-state index in [4.69, 9.17) is 4.74 Å².